The van der Waals surface area contributed by atoms with Crippen molar-refractivity contribution in [1.82, 2.24) is 10.2 Å². The van der Waals surface area contributed by atoms with Crippen LogP contribution in [0.1, 0.15) is 21.5 Å². The Morgan fingerprint density at radius 2 is 1.74 bits per heavy atom. The summed E-state index contributed by atoms with van der Waals surface area (Å²) < 4.78 is 5.32. The lowest BCUT2D eigenvalue weighted by molar-refractivity contribution is 0.0735. The number of hydrogen-bond acceptors (Lipinski definition) is 3. The molecule has 1 fully saturated rings. The standard InChI is InChI=1S/C14H20N2O2.ClH/c1-10-8-12(9-11(2)13(10)18-3)14(17)16-6-4-15-5-7-16;/h8-9,15H,4-7H2,1-3H3;1H. The summed E-state index contributed by atoms with van der Waals surface area (Å²) in [5, 5.41) is 3.25. The number of ether oxygens (including phenoxy) is 1. The first kappa shape index (κ1) is 15.8. The minimum Gasteiger partial charge on any atom is -0.496 e. The Morgan fingerprint density at radius 1 is 1.21 bits per heavy atom. The predicted octanol–water partition coefficient (Wildman–Crippen LogP) is 1.78. The van der Waals surface area contributed by atoms with Gasteiger partial charge in [0.1, 0.15) is 5.75 Å². The molecular formula is C14H21ClN2O2. The van der Waals surface area contributed by atoms with Gasteiger partial charge in [0.2, 0.25) is 0 Å². The topological polar surface area (TPSA) is 41.6 Å². The van der Waals surface area contributed by atoms with E-state index in [1.165, 1.54) is 0 Å². The Bertz CT molecular complexity index is 434. The van der Waals surface area contributed by atoms with Crippen LogP contribution in [0.25, 0.3) is 0 Å². The lowest BCUT2D eigenvalue weighted by atomic mass is 10.0. The smallest absolute Gasteiger partial charge is 0.253 e. The van der Waals surface area contributed by atoms with E-state index < -0.39 is 0 Å². The third-order valence-corrected chi connectivity index (χ3v) is 3.32. The van der Waals surface area contributed by atoms with Crippen LogP contribution >= 0.6 is 12.4 Å². The Hall–Kier alpha value is -1.26. The van der Waals surface area contributed by atoms with E-state index in [4.69, 9.17) is 4.74 Å². The van der Waals surface area contributed by atoms with Crippen LogP contribution < -0.4 is 10.1 Å². The minimum absolute atomic E-state index is 0. The second-order valence-electron chi connectivity index (χ2n) is 4.69. The fraction of sp³-hybridized carbons (Fsp3) is 0.500. The fourth-order valence-corrected chi connectivity index (χ4v) is 2.45. The lowest BCUT2D eigenvalue weighted by Gasteiger charge is -2.27. The first-order valence-electron chi connectivity index (χ1n) is 6.28. The van der Waals surface area contributed by atoms with Gasteiger partial charge in [-0.2, -0.15) is 0 Å². The fourth-order valence-electron chi connectivity index (χ4n) is 2.45. The number of halogens is 1. The molecule has 1 aromatic rings. The molecule has 0 radical (unpaired) electrons. The number of benzene rings is 1. The van der Waals surface area contributed by atoms with Crippen LogP contribution in [0, 0.1) is 13.8 Å². The molecule has 0 aromatic heterocycles. The van der Waals surface area contributed by atoms with Crippen molar-refractivity contribution in [2.45, 2.75) is 13.8 Å². The molecule has 1 aliphatic heterocycles. The number of nitrogens with one attached hydrogen (secondary N) is 1. The number of hydrogen-bond donors (Lipinski definition) is 1. The highest BCUT2D eigenvalue weighted by Gasteiger charge is 2.19. The second-order valence-corrected chi connectivity index (χ2v) is 4.69. The Labute approximate surface area is 120 Å². The number of aryl methyl sites for hydroxylation is 2. The van der Waals surface area contributed by atoms with E-state index in [0.29, 0.717) is 0 Å². The van der Waals surface area contributed by atoms with E-state index in [1.807, 2.05) is 30.9 Å². The molecule has 1 aliphatic rings. The van der Waals surface area contributed by atoms with Crippen molar-refractivity contribution in [3.8, 4) is 5.75 Å². The van der Waals surface area contributed by atoms with Crippen molar-refractivity contribution in [1.29, 1.82) is 0 Å². The lowest BCUT2D eigenvalue weighted by Crippen LogP contribution is -2.46. The molecule has 0 unspecified atom stereocenters. The molecular weight excluding hydrogens is 264 g/mol. The predicted molar refractivity (Wildman–Crippen MR) is 78.5 cm³/mol. The Kier molecular flexibility index (Phi) is 5.63. The summed E-state index contributed by atoms with van der Waals surface area (Å²) in [5.74, 6) is 0.984. The monoisotopic (exact) mass is 284 g/mol. The van der Waals surface area contributed by atoms with Crippen molar-refractivity contribution in [2.75, 3.05) is 33.3 Å². The number of carbonyl (C=O) groups excluding carboxylic acids is 1. The molecule has 0 aliphatic carbocycles. The SMILES string of the molecule is COc1c(C)cc(C(=O)N2CCNCC2)cc1C.Cl. The molecule has 1 heterocycles. The number of methoxy groups -OCH3 is 1. The molecule has 1 saturated heterocycles. The Balaban J connectivity index is 0.00000180. The molecule has 106 valence electrons. The summed E-state index contributed by atoms with van der Waals surface area (Å²) in [5.41, 5.74) is 2.78. The molecule has 0 saturated carbocycles. The van der Waals surface area contributed by atoms with E-state index in [-0.39, 0.29) is 18.3 Å². The maximum Gasteiger partial charge on any atom is 0.253 e. The average Bonchev–Trinajstić information content (AvgIpc) is 2.38. The van der Waals surface area contributed by atoms with Crippen molar-refractivity contribution < 1.29 is 9.53 Å². The zero-order valence-electron chi connectivity index (χ0n) is 11.7. The zero-order valence-corrected chi connectivity index (χ0v) is 12.5. The summed E-state index contributed by atoms with van der Waals surface area (Å²) in [4.78, 5) is 14.3. The third-order valence-electron chi connectivity index (χ3n) is 3.32. The Morgan fingerprint density at radius 3 is 2.21 bits per heavy atom. The molecule has 1 amide bonds. The quantitative estimate of drug-likeness (QED) is 0.900. The first-order chi connectivity index (χ1) is 8.63. The van der Waals surface area contributed by atoms with Gasteiger partial charge in [0.05, 0.1) is 7.11 Å². The van der Waals surface area contributed by atoms with Crippen LogP contribution in [0.15, 0.2) is 12.1 Å². The molecule has 0 atom stereocenters. The van der Waals surface area contributed by atoms with Gasteiger partial charge in [-0.1, -0.05) is 0 Å². The molecule has 1 aromatic carbocycles. The summed E-state index contributed by atoms with van der Waals surface area (Å²) in [6.45, 7) is 7.26. The van der Waals surface area contributed by atoms with Gasteiger partial charge in [0.15, 0.2) is 0 Å². The highest BCUT2D eigenvalue weighted by molar-refractivity contribution is 5.95. The van der Waals surface area contributed by atoms with Gasteiger partial charge in [-0.05, 0) is 37.1 Å². The van der Waals surface area contributed by atoms with Gasteiger partial charge in [-0.3, -0.25) is 4.79 Å². The van der Waals surface area contributed by atoms with E-state index in [9.17, 15) is 4.79 Å². The van der Waals surface area contributed by atoms with Gasteiger partial charge in [0.25, 0.3) is 5.91 Å². The summed E-state index contributed by atoms with van der Waals surface area (Å²) in [6.07, 6.45) is 0. The third kappa shape index (κ3) is 3.39. The molecule has 0 bridgehead atoms. The van der Waals surface area contributed by atoms with Crippen LogP contribution in [-0.4, -0.2) is 44.1 Å². The van der Waals surface area contributed by atoms with Crippen LogP contribution in [0.4, 0.5) is 0 Å². The van der Waals surface area contributed by atoms with Crippen molar-refractivity contribution in [2.24, 2.45) is 0 Å². The van der Waals surface area contributed by atoms with Gasteiger partial charge in [0, 0.05) is 31.7 Å². The van der Waals surface area contributed by atoms with Crippen LogP contribution in [0.2, 0.25) is 0 Å². The molecule has 2 rings (SSSR count). The molecule has 1 N–H and O–H groups in total. The van der Waals surface area contributed by atoms with E-state index in [1.54, 1.807) is 7.11 Å². The van der Waals surface area contributed by atoms with Crippen LogP contribution in [0.5, 0.6) is 5.75 Å². The minimum atomic E-state index is 0. The van der Waals surface area contributed by atoms with Gasteiger partial charge in [-0.15, -0.1) is 12.4 Å². The summed E-state index contributed by atoms with van der Waals surface area (Å²) in [6, 6.07) is 3.83. The highest BCUT2D eigenvalue weighted by Crippen LogP contribution is 2.24. The number of rotatable bonds is 2. The van der Waals surface area contributed by atoms with Gasteiger partial charge >= 0.3 is 0 Å². The number of nitrogens with zero attached hydrogens (tertiary/aromatic N) is 1. The van der Waals surface area contributed by atoms with Crippen molar-refractivity contribution in [3.05, 3.63) is 28.8 Å². The second kappa shape index (κ2) is 6.78. The van der Waals surface area contributed by atoms with Gasteiger partial charge < -0.3 is 15.0 Å². The molecule has 19 heavy (non-hydrogen) atoms. The van der Waals surface area contributed by atoms with E-state index >= 15 is 0 Å². The largest absolute Gasteiger partial charge is 0.496 e. The maximum absolute atomic E-state index is 12.4. The first-order valence-corrected chi connectivity index (χ1v) is 6.28. The van der Waals surface area contributed by atoms with Gasteiger partial charge in [-0.25, -0.2) is 0 Å². The molecule has 4 nitrogen and oxygen atoms in total. The highest BCUT2D eigenvalue weighted by atomic mass is 35.5. The maximum atomic E-state index is 12.4. The van der Waals surface area contributed by atoms with Crippen LogP contribution in [0.3, 0.4) is 0 Å². The van der Waals surface area contributed by atoms with Crippen molar-refractivity contribution >= 4 is 18.3 Å². The van der Waals surface area contributed by atoms with E-state index in [2.05, 4.69) is 5.32 Å². The molecule has 5 heteroatoms. The van der Waals surface area contributed by atoms with Crippen LogP contribution in [-0.2, 0) is 0 Å². The number of amides is 1. The average molecular weight is 285 g/mol. The summed E-state index contributed by atoms with van der Waals surface area (Å²) >= 11 is 0. The van der Waals surface area contributed by atoms with E-state index in [0.717, 1.165) is 48.6 Å². The number of carbonyl (C=O) groups is 1. The van der Waals surface area contributed by atoms with Crippen molar-refractivity contribution in [3.63, 3.8) is 0 Å². The molecule has 0 spiro atoms. The number of piperazine rings is 1. The normalized spacial score (nSPS) is 14.8. The summed E-state index contributed by atoms with van der Waals surface area (Å²) in [7, 11) is 1.66. The zero-order chi connectivity index (χ0) is 13.1.